The number of hydrogen-bond donors (Lipinski definition) is 5. The maximum absolute atomic E-state index is 12.9. The van der Waals surface area contributed by atoms with Gasteiger partial charge >= 0.3 is 11.9 Å². The Bertz CT molecular complexity index is 2540. The number of carbonyl (C=O) groups is 6. The lowest BCUT2D eigenvalue weighted by Gasteiger charge is -2.49. The first-order chi connectivity index (χ1) is 31.6. The highest BCUT2D eigenvalue weighted by molar-refractivity contribution is 8.01. The smallest absolute Gasteiger partial charge is 0.352 e. The van der Waals surface area contributed by atoms with E-state index in [1.807, 2.05) is 0 Å². The highest BCUT2D eigenvalue weighted by atomic mass is 35.5. The van der Waals surface area contributed by atoms with Crippen LogP contribution in [0, 0.1) is 5.92 Å². The lowest BCUT2D eigenvalue weighted by atomic mass is 9.89. The third kappa shape index (κ3) is 10.6. The molecule has 356 valence electrons. The second-order valence-electron chi connectivity index (χ2n) is 13.7. The number of anilines is 2. The van der Waals surface area contributed by atoms with E-state index >= 15 is 0 Å². The van der Waals surface area contributed by atoms with Crippen molar-refractivity contribution in [1.82, 2.24) is 65.5 Å². The molecule has 67 heavy (non-hydrogen) atoms. The molecule has 2 fully saturated rings. The monoisotopic (exact) mass is 1060 g/mol. The molecule has 0 aliphatic carbocycles. The Hall–Kier alpha value is -5.87. The van der Waals surface area contributed by atoms with Crippen LogP contribution in [0.4, 0.5) is 10.3 Å². The molecule has 4 aromatic heterocycles. The fraction of sp³-hybridized carbons (Fsp3) is 0.394. The summed E-state index contributed by atoms with van der Waals surface area (Å²) in [6, 6.07) is -0.924. The van der Waals surface area contributed by atoms with Crippen molar-refractivity contribution in [2.45, 2.75) is 33.5 Å². The number of nitrogens with zero attached hydrogens (tertiary/aromatic N) is 14. The molecule has 7 N–H and O–H groups in total. The predicted octanol–water partition coefficient (Wildman–Crippen LogP) is -0.227. The Labute approximate surface area is 408 Å². The summed E-state index contributed by atoms with van der Waals surface area (Å²) in [6.45, 7) is 0. The molecule has 2 saturated heterocycles. The highest BCUT2D eigenvalue weighted by Gasteiger charge is 2.55. The number of tetrazole rings is 2. The SMILES string of the molecule is CO/N=C(\C(=O)C[C@@H]1C(=O)N2C(C(=O)O)=C(CSc3nnnn3C)CS[C@H]12)c1csc(N)n1.CO/N=C(\C(=O)N[C@@H]1C(=O)N2C(C(=O)O)=C(CSc3nnnn3C)CS[C@H]12)c1csc(N)n1.Cl. The van der Waals surface area contributed by atoms with Crippen LogP contribution in [0.3, 0.4) is 0 Å². The van der Waals surface area contributed by atoms with E-state index in [4.69, 9.17) is 21.1 Å². The number of thiazole rings is 2. The number of carboxylic acids is 2. The molecule has 8 rings (SSSR count). The van der Waals surface area contributed by atoms with Crippen LogP contribution in [0.2, 0.25) is 0 Å². The van der Waals surface area contributed by atoms with Crippen molar-refractivity contribution in [3.05, 3.63) is 44.7 Å². The number of carbonyl (C=O) groups excluding carboxylic acids is 4. The number of rotatable bonds is 17. The van der Waals surface area contributed by atoms with Gasteiger partial charge < -0.3 is 36.7 Å². The maximum atomic E-state index is 12.9. The molecular weight excluding hydrogens is 1020 g/mol. The van der Waals surface area contributed by atoms with Crippen molar-refractivity contribution in [3.8, 4) is 0 Å². The number of carboxylic acid groups (broad SMARTS) is 2. The number of nitrogen functional groups attached to an aromatic ring is 2. The topological polar surface area (TPSA) is 370 Å². The van der Waals surface area contributed by atoms with Crippen LogP contribution in [0.25, 0.3) is 0 Å². The molecule has 4 aliphatic heterocycles. The van der Waals surface area contributed by atoms with Crippen LogP contribution in [-0.4, -0.2) is 171 Å². The zero-order chi connectivity index (χ0) is 47.4. The summed E-state index contributed by atoms with van der Waals surface area (Å²) in [5, 5.41) is 55.6. The zero-order valence-corrected chi connectivity index (χ0v) is 40.6. The van der Waals surface area contributed by atoms with Crippen LogP contribution in [0.5, 0.6) is 0 Å². The van der Waals surface area contributed by atoms with E-state index in [9.17, 15) is 39.0 Å². The molecule has 0 saturated carbocycles. The Morgan fingerprint density at radius 3 is 1.72 bits per heavy atom. The number of nitrogens with one attached hydrogen (secondary N) is 1. The number of aromatic nitrogens is 10. The quantitative estimate of drug-likeness (QED) is 0.0395. The number of fused-ring (bicyclic) bond motifs is 2. The van der Waals surface area contributed by atoms with Crippen LogP contribution >= 0.6 is 82.1 Å². The summed E-state index contributed by atoms with van der Waals surface area (Å²) in [5.74, 6) is -3.77. The second-order valence-corrected chi connectivity index (χ2v) is 19.5. The van der Waals surface area contributed by atoms with E-state index in [2.05, 4.69) is 56.6 Å². The molecule has 0 aromatic carbocycles. The molecule has 0 radical (unpaired) electrons. The van der Waals surface area contributed by atoms with Crippen molar-refractivity contribution in [2.75, 3.05) is 48.7 Å². The van der Waals surface area contributed by atoms with Gasteiger partial charge in [-0.3, -0.25) is 29.0 Å². The summed E-state index contributed by atoms with van der Waals surface area (Å²) < 4.78 is 2.95. The van der Waals surface area contributed by atoms with Crippen molar-refractivity contribution in [2.24, 2.45) is 30.3 Å². The molecule has 3 amide bonds. The van der Waals surface area contributed by atoms with Gasteiger partial charge in [0.25, 0.3) is 11.8 Å². The molecule has 4 aliphatic rings. The maximum Gasteiger partial charge on any atom is 0.352 e. The highest BCUT2D eigenvalue weighted by Crippen LogP contribution is 2.46. The second kappa shape index (κ2) is 21.8. The summed E-state index contributed by atoms with van der Waals surface area (Å²) in [6.07, 6.45) is -0.145. The number of aliphatic carboxylic acids is 2. The average Bonchev–Trinajstić information content (AvgIpc) is 4.12. The van der Waals surface area contributed by atoms with Gasteiger partial charge in [0.2, 0.25) is 16.2 Å². The van der Waals surface area contributed by atoms with Gasteiger partial charge in [-0.1, -0.05) is 33.8 Å². The van der Waals surface area contributed by atoms with E-state index in [1.54, 1.807) is 24.9 Å². The normalized spacial score (nSPS) is 20.1. The first-order valence-electron chi connectivity index (χ1n) is 18.6. The number of amides is 3. The number of hydrogen-bond acceptors (Lipinski definition) is 26. The van der Waals surface area contributed by atoms with Crippen LogP contribution < -0.4 is 16.8 Å². The molecule has 0 unspecified atom stereocenters. The number of nitrogens with two attached hydrogens (primary N) is 2. The average molecular weight is 1060 g/mol. The molecular formula is C33H36ClN17O10S6. The number of oxime groups is 2. The standard InChI is InChI=1S/C17H18N8O5S3.C16H17N9O5S3.ClH/c1-24-17(20-22-23-24)33-5-7-4-31-14-8(13(27)25(14)12(7)15(28)29)3-10(26)11(21-30-2)9-6-32-16(18)19-9;1-24-16(20-22-23-24)33-4-6-3-31-13-9(12(27)25(13)10(6)14(28)29)19-11(26)8(21-30-2)7-5-32-15(17)18-7;/h6,8,14H,3-5H2,1-2H3,(H2,18,19)(H,28,29);5,9,13H,3-4H2,1-2H3,(H2,17,18)(H,19,26)(H,28,29);1H/b21-11-;21-8-;/t8-,14-;9-,13-;/m11./s1. The number of thioether (sulfide) groups is 4. The molecule has 4 aromatic rings. The van der Waals surface area contributed by atoms with Gasteiger partial charge in [0.1, 0.15) is 48.4 Å². The fourth-order valence-corrected chi connectivity index (χ4v) is 12.5. The summed E-state index contributed by atoms with van der Waals surface area (Å²) in [5.41, 5.74) is 12.6. The molecule has 34 heteroatoms. The molecule has 8 heterocycles. The molecule has 27 nitrogen and oxygen atoms in total. The van der Waals surface area contributed by atoms with Crippen molar-refractivity contribution < 1.29 is 48.7 Å². The first-order valence-corrected chi connectivity index (χ1v) is 24.5. The van der Waals surface area contributed by atoms with Crippen LogP contribution in [0.15, 0.2) is 53.9 Å². The van der Waals surface area contributed by atoms with Gasteiger partial charge in [-0.2, -0.15) is 0 Å². The van der Waals surface area contributed by atoms with Crippen molar-refractivity contribution in [3.63, 3.8) is 0 Å². The van der Waals surface area contributed by atoms with Crippen molar-refractivity contribution >= 4 is 139 Å². The lowest BCUT2D eigenvalue weighted by molar-refractivity contribution is -0.153. The van der Waals surface area contributed by atoms with Gasteiger partial charge in [0.15, 0.2) is 27.5 Å². The Balaban J connectivity index is 0.000000218. The molecule has 0 bridgehead atoms. The molecule has 4 atom stereocenters. The van der Waals surface area contributed by atoms with Crippen molar-refractivity contribution in [1.29, 1.82) is 0 Å². The van der Waals surface area contributed by atoms with E-state index < -0.39 is 58.2 Å². The number of halogens is 1. The summed E-state index contributed by atoms with van der Waals surface area (Å²) in [7, 11) is 5.93. The third-order valence-electron chi connectivity index (χ3n) is 9.59. The van der Waals surface area contributed by atoms with Crippen LogP contribution in [0.1, 0.15) is 17.8 Å². The van der Waals surface area contributed by atoms with E-state index in [-0.39, 0.29) is 63.3 Å². The summed E-state index contributed by atoms with van der Waals surface area (Å²) >= 11 is 7.61. The number of Topliss-reactive ketones (excluding diaryl/α,β-unsaturated/α-hetero) is 1. The first kappa shape index (κ1) is 50.5. The number of β-lactam (4-membered cyclic amide) rings is 2. The van der Waals surface area contributed by atoms with E-state index in [0.717, 1.165) is 22.7 Å². The zero-order valence-electron chi connectivity index (χ0n) is 34.9. The Kier molecular flexibility index (Phi) is 16.5. The number of ketones is 1. The lowest BCUT2D eigenvalue weighted by Crippen LogP contribution is -2.71. The van der Waals surface area contributed by atoms with Crippen LogP contribution in [-0.2, 0) is 52.5 Å². The number of aryl methyl sites for hydroxylation is 2. The largest absolute Gasteiger partial charge is 0.477 e. The minimum atomic E-state index is -1.22. The van der Waals surface area contributed by atoms with E-state index in [1.165, 1.54) is 80.4 Å². The van der Waals surface area contributed by atoms with Gasteiger partial charge in [0.05, 0.1) is 11.3 Å². The van der Waals surface area contributed by atoms with E-state index in [0.29, 0.717) is 44.5 Å². The Morgan fingerprint density at radius 1 is 0.791 bits per heavy atom. The molecule has 0 spiro atoms. The summed E-state index contributed by atoms with van der Waals surface area (Å²) in [4.78, 5) is 95.4. The minimum Gasteiger partial charge on any atom is -0.477 e. The third-order valence-corrected chi connectivity index (χ3v) is 15.9. The minimum absolute atomic E-state index is 0. The van der Waals surface area contributed by atoms with Gasteiger partial charge in [-0.05, 0) is 32.0 Å². The predicted molar refractivity (Wildman–Crippen MR) is 247 cm³/mol. The van der Waals surface area contributed by atoms with Gasteiger partial charge in [-0.25, -0.2) is 28.9 Å². The Morgan fingerprint density at radius 2 is 1.27 bits per heavy atom. The van der Waals surface area contributed by atoms with Gasteiger partial charge in [0, 0.05) is 54.3 Å². The fourth-order valence-electron chi connectivity index (χ4n) is 6.64. The van der Waals surface area contributed by atoms with Gasteiger partial charge in [-0.15, -0.1) is 68.8 Å².